The topological polar surface area (TPSA) is 44.8 Å². The third-order valence-corrected chi connectivity index (χ3v) is 5.95. The van der Waals surface area contributed by atoms with Gasteiger partial charge in [0.05, 0.1) is 12.1 Å². The summed E-state index contributed by atoms with van der Waals surface area (Å²) in [5.41, 5.74) is 1.53. The van der Waals surface area contributed by atoms with Gasteiger partial charge in [0.1, 0.15) is 0 Å². The van der Waals surface area contributed by atoms with E-state index >= 15 is 0 Å². The first kappa shape index (κ1) is 18.9. The van der Waals surface area contributed by atoms with Crippen LogP contribution >= 0.6 is 0 Å². The number of rotatable bonds is 7. The van der Waals surface area contributed by atoms with Crippen LogP contribution in [0.5, 0.6) is 0 Å². The number of carbonyl (C=O) groups excluding carboxylic acids is 1. The first-order valence-corrected chi connectivity index (χ1v) is 10.3. The molecule has 0 radical (unpaired) electrons. The Bertz CT molecular complexity index is 452. The summed E-state index contributed by atoms with van der Waals surface area (Å²) in [6.45, 7) is 8.87. The van der Waals surface area contributed by atoms with Gasteiger partial charge < -0.3 is 10.1 Å². The highest BCUT2D eigenvalue weighted by atomic mass is 16.5. The molecular weight excluding hydrogens is 314 g/mol. The van der Waals surface area contributed by atoms with Crippen molar-refractivity contribution in [2.75, 3.05) is 45.9 Å². The highest BCUT2D eigenvalue weighted by molar-refractivity contribution is 5.81. The zero-order chi connectivity index (χ0) is 17.5. The molecule has 2 aliphatic heterocycles. The summed E-state index contributed by atoms with van der Waals surface area (Å²) in [6, 6.07) is -0.0229. The molecule has 0 aromatic heterocycles. The Morgan fingerprint density at radius 3 is 2.80 bits per heavy atom. The summed E-state index contributed by atoms with van der Waals surface area (Å²) >= 11 is 0. The van der Waals surface area contributed by atoms with Crippen LogP contribution in [0.25, 0.3) is 0 Å². The maximum absolute atomic E-state index is 12.4. The zero-order valence-corrected chi connectivity index (χ0v) is 15.8. The minimum atomic E-state index is -0.0229. The second-order valence-corrected chi connectivity index (χ2v) is 7.80. The number of nitrogens with zero attached hydrogens (tertiary/aromatic N) is 2. The number of hydrogen-bond donors (Lipinski definition) is 1. The van der Waals surface area contributed by atoms with E-state index in [0.29, 0.717) is 6.10 Å². The number of allylic oxidation sites excluding steroid dienone is 1. The van der Waals surface area contributed by atoms with Gasteiger partial charge in [0.15, 0.2) is 0 Å². The van der Waals surface area contributed by atoms with Crippen LogP contribution in [-0.4, -0.2) is 73.7 Å². The number of nitrogens with one attached hydrogen (secondary N) is 1. The van der Waals surface area contributed by atoms with E-state index in [-0.39, 0.29) is 11.9 Å². The van der Waals surface area contributed by atoms with Crippen LogP contribution < -0.4 is 5.32 Å². The highest BCUT2D eigenvalue weighted by Gasteiger charge is 2.27. The van der Waals surface area contributed by atoms with Crippen LogP contribution in [-0.2, 0) is 9.53 Å². The molecular formula is C20H35N3O2. The van der Waals surface area contributed by atoms with Crippen molar-refractivity contribution in [3.8, 4) is 0 Å². The predicted octanol–water partition coefficient (Wildman–Crippen LogP) is 2.18. The molecule has 1 N–H and O–H groups in total. The minimum absolute atomic E-state index is 0.0229. The Morgan fingerprint density at radius 1 is 1.28 bits per heavy atom. The molecule has 3 aliphatic rings. The monoisotopic (exact) mass is 349 g/mol. The molecule has 1 aliphatic carbocycles. The van der Waals surface area contributed by atoms with Crippen LogP contribution in [0.3, 0.4) is 0 Å². The molecule has 5 heteroatoms. The van der Waals surface area contributed by atoms with Gasteiger partial charge in [-0.05, 0) is 51.9 Å². The van der Waals surface area contributed by atoms with Crippen molar-refractivity contribution in [2.24, 2.45) is 0 Å². The van der Waals surface area contributed by atoms with E-state index in [1.807, 2.05) is 6.92 Å². The zero-order valence-electron chi connectivity index (χ0n) is 15.8. The molecule has 0 saturated carbocycles. The lowest BCUT2D eigenvalue weighted by molar-refractivity contribution is -0.126. The molecule has 1 amide bonds. The maximum Gasteiger partial charge on any atom is 0.237 e. The quantitative estimate of drug-likeness (QED) is 0.716. The number of hydrogen-bond acceptors (Lipinski definition) is 4. The van der Waals surface area contributed by atoms with E-state index in [1.54, 1.807) is 0 Å². The Labute approximate surface area is 152 Å². The van der Waals surface area contributed by atoms with Gasteiger partial charge in [0, 0.05) is 45.9 Å². The van der Waals surface area contributed by atoms with Gasteiger partial charge in [0.25, 0.3) is 0 Å². The fourth-order valence-electron chi connectivity index (χ4n) is 4.20. The Hall–Kier alpha value is -0.910. The van der Waals surface area contributed by atoms with Crippen LogP contribution in [0, 0.1) is 0 Å². The fourth-order valence-corrected chi connectivity index (χ4v) is 4.20. The average molecular weight is 350 g/mol. The normalized spacial score (nSPS) is 27.1. The van der Waals surface area contributed by atoms with Gasteiger partial charge in [0.2, 0.25) is 5.91 Å². The van der Waals surface area contributed by atoms with E-state index in [0.717, 1.165) is 52.3 Å². The summed E-state index contributed by atoms with van der Waals surface area (Å²) in [5.74, 6) is 0.184. The number of piperazine rings is 1. The van der Waals surface area contributed by atoms with Gasteiger partial charge in [-0.25, -0.2) is 0 Å². The van der Waals surface area contributed by atoms with Crippen molar-refractivity contribution in [1.29, 1.82) is 0 Å². The van der Waals surface area contributed by atoms with Crippen molar-refractivity contribution in [2.45, 2.75) is 64.0 Å². The van der Waals surface area contributed by atoms with Gasteiger partial charge in [-0.2, -0.15) is 0 Å². The Balaban J connectivity index is 1.32. The standard InChI is InChI=1S/C20H35N3O2/c1-17(20(24)21-10-9-18-6-3-2-4-7-18)23-13-11-22(12-14-23)16-19-8-5-15-25-19/h6,17,19H,2-5,7-16H2,1H3,(H,21,24). The van der Waals surface area contributed by atoms with Gasteiger partial charge in [-0.3, -0.25) is 14.6 Å². The first-order valence-electron chi connectivity index (χ1n) is 10.3. The van der Waals surface area contributed by atoms with E-state index < -0.39 is 0 Å². The van der Waals surface area contributed by atoms with Crippen LogP contribution in [0.15, 0.2) is 11.6 Å². The molecule has 142 valence electrons. The second kappa shape index (κ2) is 9.70. The van der Waals surface area contributed by atoms with Gasteiger partial charge >= 0.3 is 0 Å². The van der Waals surface area contributed by atoms with Crippen LogP contribution in [0.2, 0.25) is 0 Å². The molecule has 2 saturated heterocycles. The van der Waals surface area contributed by atoms with Gasteiger partial charge in [-0.1, -0.05) is 11.6 Å². The predicted molar refractivity (Wildman–Crippen MR) is 101 cm³/mol. The molecule has 2 fully saturated rings. The van der Waals surface area contributed by atoms with E-state index in [2.05, 4.69) is 21.2 Å². The van der Waals surface area contributed by atoms with Gasteiger partial charge in [-0.15, -0.1) is 0 Å². The van der Waals surface area contributed by atoms with E-state index in [9.17, 15) is 4.79 Å². The minimum Gasteiger partial charge on any atom is -0.377 e. The number of carbonyl (C=O) groups is 1. The Kier molecular flexibility index (Phi) is 7.32. The molecule has 0 spiro atoms. The third kappa shape index (κ3) is 5.80. The van der Waals surface area contributed by atoms with Crippen molar-refractivity contribution >= 4 is 5.91 Å². The highest BCUT2D eigenvalue weighted by Crippen LogP contribution is 2.19. The molecule has 2 unspecified atom stereocenters. The second-order valence-electron chi connectivity index (χ2n) is 7.80. The lowest BCUT2D eigenvalue weighted by Gasteiger charge is -2.38. The average Bonchev–Trinajstić information content (AvgIpc) is 3.15. The molecule has 0 bridgehead atoms. The molecule has 0 aromatic rings. The fraction of sp³-hybridized carbons (Fsp3) is 0.850. The molecule has 2 atom stereocenters. The SMILES string of the molecule is CC(C(=O)NCCC1=CCCCC1)N1CCN(CC2CCCO2)CC1. The molecule has 0 aromatic carbocycles. The summed E-state index contributed by atoms with van der Waals surface area (Å²) in [4.78, 5) is 17.3. The summed E-state index contributed by atoms with van der Waals surface area (Å²) in [6.07, 6.45) is 11.3. The molecule has 2 heterocycles. The van der Waals surface area contributed by atoms with E-state index in [1.165, 1.54) is 44.1 Å². The maximum atomic E-state index is 12.4. The number of amides is 1. The van der Waals surface area contributed by atoms with E-state index in [4.69, 9.17) is 4.74 Å². The summed E-state index contributed by atoms with van der Waals surface area (Å²) in [7, 11) is 0. The molecule has 3 rings (SSSR count). The summed E-state index contributed by atoms with van der Waals surface area (Å²) in [5, 5.41) is 3.14. The molecule has 5 nitrogen and oxygen atoms in total. The largest absolute Gasteiger partial charge is 0.377 e. The van der Waals surface area contributed by atoms with Crippen LogP contribution in [0.1, 0.15) is 51.9 Å². The number of ether oxygens (including phenoxy) is 1. The van der Waals surface area contributed by atoms with Crippen LogP contribution in [0.4, 0.5) is 0 Å². The van der Waals surface area contributed by atoms with Crippen molar-refractivity contribution in [1.82, 2.24) is 15.1 Å². The molecule has 25 heavy (non-hydrogen) atoms. The lowest BCUT2D eigenvalue weighted by Crippen LogP contribution is -2.54. The van der Waals surface area contributed by atoms with Crippen molar-refractivity contribution in [3.63, 3.8) is 0 Å². The van der Waals surface area contributed by atoms with Crippen molar-refractivity contribution in [3.05, 3.63) is 11.6 Å². The first-order chi connectivity index (χ1) is 12.2. The lowest BCUT2D eigenvalue weighted by atomic mass is 9.97. The van der Waals surface area contributed by atoms with Crippen molar-refractivity contribution < 1.29 is 9.53 Å². The smallest absolute Gasteiger partial charge is 0.237 e. The third-order valence-electron chi connectivity index (χ3n) is 5.95. The summed E-state index contributed by atoms with van der Waals surface area (Å²) < 4.78 is 5.74. The Morgan fingerprint density at radius 2 is 2.12 bits per heavy atom.